The van der Waals surface area contributed by atoms with Crippen LogP contribution in [0.1, 0.15) is 29.9 Å². The van der Waals surface area contributed by atoms with Gasteiger partial charge in [0.2, 0.25) is 0 Å². The van der Waals surface area contributed by atoms with Crippen molar-refractivity contribution in [2.75, 3.05) is 0 Å². The van der Waals surface area contributed by atoms with Gasteiger partial charge in [-0.2, -0.15) is 0 Å². The van der Waals surface area contributed by atoms with Crippen LogP contribution >= 0.6 is 11.6 Å². The fourth-order valence-electron chi connectivity index (χ4n) is 2.37. The summed E-state index contributed by atoms with van der Waals surface area (Å²) in [5.41, 5.74) is 0.934. The summed E-state index contributed by atoms with van der Waals surface area (Å²) >= 11 is 5.86. The molecule has 0 heterocycles. The Hall–Kier alpha value is -2.40. The Morgan fingerprint density at radius 2 is 1.83 bits per heavy atom. The Bertz CT molecular complexity index is 731. The molecule has 0 amide bonds. The molecule has 0 bridgehead atoms. The standard InChI is InChI=1S/C17H15ClFNO3/c18-11-3-1-10(2-4-11)17(14(20)6-8-16(22)23)13-9-12(19)5-7-15(13)21/h1-5,7,9,17,20-21H,6,8H2,(H,22,23). The molecule has 0 fully saturated rings. The smallest absolute Gasteiger partial charge is 0.303 e. The molecule has 23 heavy (non-hydrogen) atoms. The van der Waals surface area contributed by atoms with E-state index in [9.17, 15) is 14.3 Å². The van der Waals surface area contributed by atoms with Crippen LogP contribution in [0.25, 0.3) is 0 Å². The van der Waals surface area contributed by atoms with Crippen molar-refractivity contribution in [3.05, 3.63) is 64.4 Å². The summed E-state index contributed by atoms with van der Waals surface area (Å²) in [4.78, 5) is 10.7. The third-order valence-corrected chi connectivity index (χ3v) is 3.71. The maximum Gasteiger partial charge on any atom is 0.303 e. The highest BCUT2D eigenvalue weighted by Crippen LogP contribution is 2.34. The summed E-state index contributed by atoms with van der Waals surface area (Å²) < 4.78 is 13.6. The number of phenolic OH excluding ortho intramolecular Hbond substituents is 1. The van der Waals surface area contributed by atoms with Gasteiger partial charge in [-0.3, -0.25) is 4.79 Å². The van der Waals surface area contributed by atoms with Crippen molar-refractivity contribution in [1.29, 1.82) is 5.41 Å². The molecular formula is C17H15ClFNO3. The highest BCUT2D eigenvalue weighted by molar-refractivity contribution is 6.30. The Labute approximate surface area is 137 Å². The first-order valence-corrected chi connectivity index (χ1v) is 7.29. The first-order valence-electron chi connectivity index (χ1n) is 6.91. The van der Waals surface area contributed by atoms with E-state index in [0.717, 1.165) is 12.1 Å². The van der Waals surface area contributed by atoms with Crippen LogP contribution in [-0.2, 0) is 4.79 Å². The number of carboxylic acid groups (broad SMARTS) is 1. The number of phenols is 1. The van der Waals surface area contributed by atoms with Crippen LogP contribution in [-0.4, -0.2) is 21.9 Å². The summed E-state index contributed by atoms with van der Waals surface area (Å²) in [5.74, 6) is -2.44. The number of carbonyl (C=O) groups is 1. The third-order valence-electron chi connectivity index (χ3n) is 3.46. The van der Waals surface area contributed by atoms with Gasteiger partial charge in [0.1, 0.15) is 11.6 Å². The van der Waals surface area contributed by atoms with Gasteiger partial charge in [-0.05, 0) is 42.3 Å². The van der Waals surface area contributed by atoms with Crippen molar-refractivity contribution >= 4 is 23.3 Å². The summed E-state index contributed by atoms with van der Waals surface area (Å²) in [6.45, 7) is 0. The molecule has 3 N–H and O–H groups in total. The highest BCUT2D eigenvalue weighted by atomic mass is 35.5. The first kappa shape index (κ1) is 17.0. The minimum absolute atomic E-state index is 0.00141. The van der Waals surface area contributed by atoms with E-state index in [1.807, 2.05) is 0 Å². The lowest BCUT2D eigenvalue weighted by Gasteiger charge is -2.20. The maximum atomic E-state index is 13.6. The first-order chi connectivity index (χ1) is 10.9. The molecule has 0 spiro atoms. The fourth-order valence-corrected chi connectivity index (χ4v) is 2.49. The molecule has 0 aliphatic heterocycles. The highest BCUT2D eigenvalue weighted by Gasteiger charge is 2.23. The topological polar surface area (TPSA) is 81.4 Å². The van der Waals surface area contributed by atoms with Gasteiger partial charge >= 0.3 is 5.97 Å². The van der Waals surface area contributed by atoms with E-state index >= 15 is 0 Å². The number of rotatable bonds is 6. The lowest BCUT2D eigenvalue weighted by molar-refractivity contribution is -0.136. The normalized spacial score (nSPS) is 11.9. The molecule has 120 valence electrons. The molecule has 0 aliphatic rings. The van der Waals surface area contributed by atoms with Gasteiger partial charge in [0.15, 0.2) is 0 Å². The molecule has 1 atom stereocenters. The van der Waals surface area contributed by atoms with Crippen LogP contribution in [0.15, 0.2) is 42.5 Å². The van der Waals surface area contributed by atoms with Crippen LogP contribution in [0.4, 0.5) is 4.39 Å². The Kier molecular flexibility index (Phi) is 5.34. The van der Waals surface area contributed by atoms with Crippen molar-refractivity contribution in [3.63, 3.8) is 0 Å². The zero-order valence-electron chi connectivity index (χ0n) is 12.1. The van der Waals surface area contributed by atoms with Crippen molar-refractivity contribution in [1.82, 2.24) is 0 Å². The summed E-state index contributed by atoms with van der Waals surface area (Å²) in [5, 5.41) is 27.6. The van der Waals surface area contributed by atoms with Crippen LogP contribution < -0.4 is 0 Å². The minimum Gasteiger partial charge on any atom is -0.508 e. The average Bonchev–Trinajstić information content (AvgIpc) is 2.51. The molecule has 2 aromatic rings. The summed E-state index contributed by atoms with van der Waals surface area (Å²) in [6.07, 6.45) is -0.211. The Balaban J connectivity index is 2.46. The van der Waals surface area contributed by atoms with Gasteiger partial charge < -0.3 is 15.6 Å². The molecule has 2 aromatic carbocycles. The predicted octanol–water partition coefficient (Wildman–Crippen LogP) is 4.20. The maximum absolute atomic E-state index is 13.6. The van der Waals surface area contributed by atoms with Crippen molar-refractivity contribution < 1.29 is 19.4 Å². The molecule has 0 saturated heterocycles. The van der Waals surface area contributed by atoms with Gasteiger partial charge in [0.25, 0.3) is 0 Å². The van der Waals surface area contributed by atoms with E-state index in [0.29, 0.717) is 10.6 Å². The number of carboxylic acids is 1. The Morgan fingerprint density at radius 3 is 2.43 bits per heavy atom. The van der Waals surface area contributed by atoms with Gasteiger partial charge in [-0.1, -0.05) is 23.7 Å². The second-order valence-electron chi connectivity index (χ2n) is 5.11. The molecule has 1 unspecified atom stereocenters. The Morgan fingerprint density at radius 1 is 1.17 bits per heavy atom. The zero-order chi connectivity index (χ0) is 17.0. The van der Waals surface area contributed by atoms with Crippen molar-refractivity contribution in [3.8, 4) is 5.75 Å². The molecule has 6 heteroatoms. The number of aliphatic carboxylic acids is 1. The third kappa shape index (κ3) is 4.29. The lowest BCUT2D eigenvalue weighted by atomic mass is 9.85. The van der Waals surface area contributed by atoms with Crippen LogP contribution in [0.3, 0.4) is 0 Å². The lowest BCUT2D eigenvalue weighted by Crippen LogP contribution is -2.15. The van der Waals surface area contributed by atoms with E-state index < -0.39 is 17.7 Å². The molecule has 4 nitrogen and oxygen atoms in total. The van der Waals surface area contributed by atoms with Crippen molar-refractivity contribution in [2.45, 2.75) is 18.8 Å². The van der Waals surface area contributed by atoms with E-state index in [4.69, 9.17) is 22.1 Å². The molecule has 0 radical (unpaired) electrons. The van der Waals surface area contributed by atoms with Crippen LogP contribution in [0, 0.1) is 11.2 Å². The van der Waals surface area contributed by atoms with E-state index in [1.54, 1.807) is 24.3 Å². The predicted molar refractivity (Wildman–Crippen MR) is 86.0 cm³/mol. The largest absolute Gasteiger partial charge is 0.508 e. The SMILES string of the molecule is N=C(CCC(=O)O)C(c1ccc(Cl)cc1)c1cc(F)ccc1O. The van der Waals surface area contributed by atoms with E-state index in [1.165, 1.54) is 6.07 Å². The summed E-state index contributed by atoms with van der Waals surface area (Å²) in [6, 6.07) is 10.1. The van der Waals surface area contributed by atoms with Gasteiger partial charge in [-0.15, -0.1) is 0 Å². The zero-order valence-corrected chi connectivity index (χ0v) is 12.8. The van der Waals surface area contributed by atoms with Crippen LogP contribution in [0.5, 0.6) is 5.75 Å². The van der Waals surface area contributed by atoms with E-state index in [2.05, 4.69) is 0 Å². The van der Waals surface area contributed by atoms with E-state index in [-0.39, 0.29) is 29.9 Å². The molecule has 0 aliphatic carbocycles. The number of hydrogen-bond acceptors (Lipinski definition) is 3. The fraction of sp³-hybridized carbons (Fsp3) is 0.176. The number of nitrogens with one attached hydrogen (secondary N) is 1. The quantitative estimate of drug-likeness (QED) is 0.692. The molecular weight excluding hydrogens is 321 g/mol. The number of halogens is 2. The van der Waals surface area contributed by atoms with Gasteiger partial charge in [-0.25, -0.2) is 4.39 Å². The molecule has 2 rings (SSSR count). The van der Waals surface area contributed by atoms with Gasteiger partial charge in [0, 0.05) is 16.3 Å². The minimum atomic E-state index is -1.02. The summed E-state index contributed by atoms with van der Waals surface area (Å²) in [7, 11) is 0. The van der Waals surface area contributed by atoms with Gasteiger partial charge in [0.05, 0.1) is 12.3 Å². The van der Waals surface area contributed by atoms with Crippen molar-refractivity contribution in [2.24, 2.45) is 0 Å². The average molecular weight is 336 g/mol. The number of hydrogen-bond donors (Lipinski definition) is 3. The number of aromatic hydroxyl groups is 1. The van der Waals surface area contributed by atoms with Crippen LogP contribution in [0.2, 0.25) is 5.02 Å². The monoisotopic (exact) mass is 335 g/mol. The second-order valence-corrected chi connectivity index (χ2v) is 5.54. The molecule has 0 saturated carbocycles. The molecule has 0 aromatic heterocycles. The second kappa shape index (κ2) is 7.24. The number of benzene rings is 2.